The molecule has 0 aliphatic carbocycles. The van der Waals surface area contributed by atoms with E-state index >= 15 is 0 Å². The van der Waals surface area contributed by atoms with Gasteiger partial charge >= 0.3 is 71.6 Å². The first-order chi connectivity index (χ1) is 19.1. The summed E-state index contributed by atoms with van der Waals surface area (Å²) < 4.78 is 340. The third kappa shape index (κ3) is 6.51. The van der Waals surface area contributed by atoms with Gasteiger partial charge in [0.05, 0.1) is 0 Å². The van der Waals surface area contributed by atoms with E-state index < -0.39 is 110 Å². The van der Waals surface area contributed by atoms with Gasteiger partial charge in [-0.3, -0.25) is 0 Å². The van der Waals surface area contributed by atoms with Gasteiger partial charge in [0.1, 0.15) is 0 Å². The highest BCUT2D eigenvalue weighted by molar-refractivity contribution is 5.11. The minimum absolute atomic E-state index is 1.58. The Balaban J connectivity index is 6.15. The number of rotatable bonds is 15. The Morgan fingerprint density at radius 2 is 0.511 bits per heavy atom. The van der Waals surface area contributed by atoms with Crippen LogP contribution in [0, 0.1) is 5.92 Å². The van der Waals surface area contributed by atoms with Crippen molar-refractivity contribution in [3.8, 4) is 0 Å². The molecule has 0 aliphatic heterocycles. The van der Waals surface area contributed by atoms with Gasteiger partial charge in [0.2, 0.25) is 0 Å². The Labute approximate surface area is 231 Å². The van der Waals surface area contributed by atoms with Crippen molar-refractivity contribution in [2.75, 3.05) is 6.54 Å². The first kappa shape index (κ1) is 43.1. The first-order valence-corrected chi connectivity index (χ1v) is 10.8. The molecule has 0 aromatic heterocycles. The quantitative estimate of drug-likeness (QED) is 0.167. The second-order valence-corrected chi connectivity index (χ2v) is 9.18. The van der Waals surface area contributed by atoms with Crippen LogP contribution in [0.3, 0.4) is 0 Å². The topological polar surface area (TPSA) is 26.0 Å². The lowest BCUT2D eigenvalue weighted by Gasteiger charge is -2.40. The molecule has 0 aromatic carbocycles. The summed E-state index contributed by atoms with van der Waals surface area (Å²) in [6.07, 6.45) is -26.2. The van der Waals surface area contributed by atoms with Crippen molar-refractivity contribution in [2.24, 2.45) is 11.7 Å². The molecule has 0 saturated carbocycles. The number of hydrogen-bond donors (Lipinski definition) is 1. The second kappa shape index (κ2) is 11.7. The summed E-state index contributed by atoms with van der Waals surface area (Å²) in [7, 11) is 0. The average Bonchev–Trinajstić information content (AvgIpc) is 2.81. The SMILES string of the molecule is NCC(CCC(F)(F)C(F)(F)C(F)(F)C(F)(F)C(F)(F)C(F)(F)F)CCC(F)(F)C(F)(F)C(F)(F)C(F)(F)C(F)(F)C(F)(F)F. The molecule has 0 atom stereocenters. The maximum absolute atomic E-state index is 13.8. The zero-order valence-electron chi connectivity index (χ0n) is 20.5. The molecule has 0 fully saturated rings. The van der Waals surface area contributed by atoms with E-state index in [2.05, 4.69) is 0 Å². The summed E-state index contributed by atoms with van der Waals surface area (Å²) in [4.78, 5) is 0. The van der Waals surface area contributed by atoms with E-state index in [9.17, 15) is 114 Å². The largest absolute Gasteiger partial charge is 0.460 e. The maximum atomic E-state index is 13.8. The van der Waals surface area contributed by atoms with E-state index in [0.29, 0.717) is 0 Å². The van der Waals surface area contributed by atoms with E-state index in [-0.39, 0.29) is 0 Å². The lowest BCUT2D eigenvalue weighted by molar-refractivity contribution is -0.440. The van der Waals surface area contributed by atoms with Crippen LogP contribution in [0.4, 0.5) is 114 Å². The van der Waals surface area contributed by atoms with E-state index in [4.69, 9.17) is 5.73 Å². The number of halogens is 26. The molecule has 0 heterocycles. The van der Waals surface area contributed by atoms with Gasteiger partial charge in [-0.25, -0.2) is 0 Å². The monoisotopic (exact) mass is 737 g/mol. The van der Waals surface area contributed by atoms with Crippen molar-refractivity contribution >= 4 is 0 Å². The van der Waals surface area contributed by atoms with Crippen molar-refractivity contribution in [1.82, 2.24) is 0 Å². The van der Waals surface area contributed by atoms with E-state index in [1.54, 1.807) is 0 Å². The Hall–Kier alpha value is -1.86. The Bertz CT molecular complexity index is 924. The van der Waals surface area contributed by atoms with Crippen LogP contribution in [-0.2, 0) is 0 Å². The average molecular weight is 737 g/mol. The standard InChI is InChI=1S/C18H13F26N/c19-7(20,9(23,24)11(27,28)13(31,32)15(35,36)17(39,40)41)3-1-6(5-45)2-4-8(21,22)10(25,26)12(29,30)14(33,34)16(37,38)18(42,43)44/h6H,1-5,45H2. The molecule has 0 saturated heterocycles. The zero-order valence-corrected chi connectivity index (χ0v) is 20.5. The fourth-order valence-corrected chi connectivity index (χ4v) is 3.07. The molecule has 0 amide bonds. The normalized spacial score (nSPS) is 16.5. The molecule has 0 unspecified atom stereocenters. The van der Waals surface area contributed by atoms with Gasteiger partial charge in [0.25, 0.3) is 0 Å². The predicted octanol–water partition coefficient (Wildman–Crippen LogP) is 9.60. The number of alkyl halides is 26. The summed E-state index contributed by atoms with van der Waals surface area (Å²) in [5.74, 6) is -81.5. The Morgan fingerprint density at radius 3 is 0.689 bits per heavy atom. The summed E-state index contributed by atoms with van der Waals surface area (Å²) in [6, 6.07) is 0. The molecular weight excluding hydrogens is 724 g/mol. The van der Waals surface area contributed by atoms with Crippen LogP contribution in [0.25, 0.3) is 0 Å². The molecule has 27 heteroatoms. The highest BCUT2D eigenvalue weighted by Gasteiger charge is 2.92. The minimum Gasteiger partial charge on any atom is -0.330 e. The molecule has 0 aromatic rings. The molecule has 0 radical (unpaired) electrons. The van der Waals surface area contributed by atoms with Crippen molar-refractivity contribution in [3.05, 3.63) is 0 Å². The smallest absolute Gasteiger partial charge is 0.330 e. The van der Waals surface area contributed by atoms with Crippen molar-refractivity contribution in [1.29, 1.82) is 0 Å². The molecule has 1 nitrogen and oxygen atoms in total. The highest BCUT2D eigenvalue weighted by Crippen LogP contribution is 2.62. The van der Waals surface area contributed by atoms with Crippen LogP contribution in [0.1, 0.15) is 25.7 Å². The van der Waals surface area contributed by atoms with E-state index in [1.165, 1.54) is 0 Å². The van der Waals surface area contributed by atoms with Gasteiger partial charge in [-0.1, -0.05) is 0 Å². The molecule has 2 N–H and O–H groups in total. The number of hydrogen-bond acceptors (Lipinski definition) is 1. The fourth-order valence-electron chi connectivity index (χ4n) is 3.07. The van der Waals surface area contributed by atoms with Crippen molar-refractivity contribution < 1.29 is 114 Å². The first-order valence-electron chi connectivity index (χ1n) is 10.8. The van der Waals surface area contributed by atoms with E-state index in [0.717, 1.165) is 0 Å². The summed E-state index contributed by atoms with van der Waals surface area (Å²) in [5, 5.41) is 0. The third-order valence-electron chi connectivity index (χ3n) is 6.06. The fraction of sp³-hybridized carbons (Fsp3) is 1.00. The summed E-state index contributed by atoms with van der Waals surface area (Å²) in [5.41, 5.74) is 4.72. The van der Waals surface area contributed by atoms with Gasteiger partial charge < -0.3 is 5.73 Å². The molecule has 272 valence electrons. The van der Waals surface area contributed by atoms with Gasteiger partial charge in [-0.15, -0.1) is 0 Å². The van der Waals surface area contributed by atoms with Crippen LogP contribution in [-0.4, -0.2) is 78.1 Å². The summed E-state index contributed by atoms with van der Waals surface area (Å²) >= 11 is 0. The molecule has 0 spiro atoms. The molecule has 0 rings (SSSR count). The summed E-state index contributed by atoms with van der Waals surface area (Å²) in [6.45, 7) is -1.58. The lowest BCUT2D eigenvalue weighted by atomic mass is 9.86. The highest BCUT2D eigenvalue weighted by atomic mass is 19.4. The molecule has 0 aliphatic rings. The van der Waals surface area contributed by atoms with Gasteiger partial charge in [-0.05, 0) is 25.3 Å². The molecule has 0 bridgehead atoms. The van der Waals surface area contributed by atoms with Crippen LogP contribution >= 0.6 is 0 Å². The predicted molar refractivity (Wildman–Crippen MR) is 92.6 cm³/mol. The van der Waals surface area contributed by atoms with E-state index in [1.807, 2.05) is 0 Å². The Kier molecular flexibility index (Phi) is 11.2. The van der Waals surface area contributed by atoms with Crippen molar-refractivity contribution in [3.63, 3.8) is 0 Å². The Morgan fingerprint density at radius 1 is 0.311 bits per heavy atom. The van der Waals surface area contributed by atoms with Crippen LogP contribution in [0.15, 0.2) is 0 Å². The van der Waals surface area contributed by atoms with Gasteiger partial charge in [-0.2, -0.15) is 114 Å². The van der Waals surface area contributed by atoms with Crippen molar-refractivity contribution in [2.45, 2.75) is 97.3 Å². The van der Waals surface area contributed by atoms with Crippen LogP contribution in [0.5, 0.6) is 0 Å². The molecule has 45 heavy (non-hydrogen) atoms. The number of nitrogens with two attached hydrogens (primary N) is 1. The van der Waals surface area contributed by atoms with Crippen LogP contribution < -0.4 is 5.73 Å². The van der Waals surface area contributed by atoms with Crippen LogP contribution in [0.2, 0.25) is 0 Å². The van der Waals surface area contributed by atoms with Gasteiger partial charge in [0.15, 0.2) is 0 Å². The maximum Gasteiger partial charge on any atom is 0.460 e. The van der Waals surface area contributed by atoms with Gasteiger partial charge in [0, 0.05) is 12.8 Å². The minimum atomic E-state index is -8.33. The second-order valence-electron chi connectivity index (χ2n) is 9.18. The zero-order chi connectivity index (χ0) is 37.1. The third-order valence-corrected chi connectivity index (χ3v) is 6.06. The molecular formula is C18H13F26N. The lowest BCUT2D eigenvalue weighted by Crippen LogP contribution is -2.70.